The molecule has 0 aromatic heterocycles. The maximum Gasteiger partial charge on any atom is 0.200 e. The van der Waals surface area contributed by atoms with Crippen molar-refractivity contribution in [3.63, 3.8) is 0 Å². The van der Waals surface area contributed by atoms with Crippen molar-refractivity contribution in [3.05, 3.63) is 47.1 Å². The van der Waals surface area contributed by atoms with Crippen LogP contribution >= 0.6 is 0 Å². The predicted molar refractivity (Wildman–Crippen MR) is 118 cm³/mol. The topological polar surface area (TPSA) is 76.1 Å². The van der Waals surface area contributed by atoms with E-state index in [4.69, 9.17) is 9.47 Å². The van der Waals surface area contributed by atoms with Crippen LogP contribution < -0.4 is 4.74 Å². The molecule has 1 spiro atoms. The molecule has 7 rings (SSSR count). The van der Waals surface area contributed by atoms with Crippen molar-refractivity contribution in [2.24, 2.45) is 17.8 Å². The molecule has 3 aliphatic heterocycles. The third-order valence-corrected chi connectivity index (χ3v) is 8.27. The first-order valence-corrected chi connectivity index (χ1v) is 11.7. The average Bonchev–Trinajstić information content (AvgIpc) is 3.36. The van der Waals surface area contributed by atoms with Gasteiger partial charge >= 0.3 is 0 Å². The maximum atomic E-state index is 14.0. The van der Waals surface area contributed by atoms with E-state index in [1.165, 1.54) is 18.9 Å². The van der Waals surface area contributed by atoms with Crippen molar-refractivity contribution in [3.8, 4) is 11.5 Å². The summed E-state index contributed by atoms with van der Waals surface area (Å²) in [6.07, 6.45) is 6.63. The van der Waals surface area contributed by atoms with Gasteiger partial charge < -0.3 is 19.5 Å². The van der Waals surface area contributed by atoms with E-state index in [2.05, 4.69) is 4.90 Å². The molecule has 0 radical (unpaired) electrons. The van der Waals surface area contributed by atoms with Gasteiger partial charge in [0, 0.05) is 30.4 Å². The van der Waals surface area contributed by atoms with Crippen LogP contribution in [0, 0.1) is 17.8 Å². The minimum absolute atomic E-state index is 0.0353. The number of nitrogens with zero attached hydrogens (tertiary/aromatic N) is 1. The van der Waals surface area contributed by atoms with E-state index in [1.807, 2.05) is 26.0 Å². The van der Waals surface area contributed by atoms with Gasteiger partial charge in [0.05, 0.1) is 6.61 Å². The van der Waals surface area contributed by atoms with Gasteiger partial charge in [-0.3, -0.25) is 9.59 Å². The second-order valence-electron chi connectivity index (χ2n) is 10.2. The van der Waals surface area contributed by atoms with Crippen molar-refractivity contribution >= 4 is 11.6 Å². The summed E-state index contributed by atoms with van der Waals surface area (Å²) >= 11 is 0. The number of ether oxygens (including phenoxy) is 2. The number of aromatic hydroxyl groups is 1. The van der Waals surface area contributed by atoms with Gasteiger partial charge in [0.2, 0.25) is 0 Å². The summed E-state index contributed by atoms with van der Waals surface area (Å²) in [5.74, 6) is -0.347. The molecule has 3 heterocycles. The number of ketones is 2. The zero-order chi connectivity index (χ0) is 22.3. The number of hydrogen-bond donors (Lipinski definition) is 1. The number of carbonyl (C=O) groups is 2. The van der Waals surface area contributed by atoms with Gasteiger partial charge in [0.15, 0.2) is 22.8 Å². The molecule has 5 atom stereocenters. The monoisotopic (exact) mass is 435 g/mol. The minimum Gasteiger partial charge on any atom is -0.507 e. The Kier molecular flexibility index (Phi) is 4.28. The zero-order valence-electron chi connectivity index (χ0n) is 18.6. The Balaban J connectivity index is 1.54. The molecule has 1 aromatic carbocycles. The van der Waals surface area contributed by atoms with Crippen LogP contribution in [0.4, 0.5) is 0 Å². The van der Waals surface area contributed by atoms with Crippen LogP contribution in [-0.4, -0.2) is 59.0 Å². The Hall–Kier alpha value is -2.44. The molecule has 1 unspecified atom stereocenters. The summed E-state index contributed by atoms with van der Waals surface area (Å²) in [5.41, 5.74) is -0.566. The van der Waals surface area contributed by atoms with Crippen molar-refractivity contribution in [2.75, 3.05) is 26.2 Å². The Labute approximate surface area is 187 Å². The SMILES string of the molecule is CC(C)=CCC12OC[C@@H]3[C@@H](CN4CCCC4)[C@@H](C=C4C(=O)c5c(O)cccc5O[C@]431)C2=O. The van der Waals surface area contributed by atoms with E-state index in [0.29, 0.717) is 24.4 Å². The predicted octanol–water partition coefficient (Wildman–Crippen LogP) is 3.30. The molecule has 6 nitrogen and oxygen atoms in total. The third-order valence-electron chi connectivity index (χ3n) is 8.27. The van der Waals surface area contributed by atoms with Crippen LogP contribution in [0.25, 0.3) is 0 Å². The second-order valence-corrected chi connectivity index (χ2v) is 10.2. The maximum absolute atomic E-state index is 14.0. The number of fused-ring (bicyclic) bond motifs is 1. The molecular formula is C26H29NO5. The molecule has 6 aliphatic rings. The summed E-state index contributed by atoms with van der Waals surface area (Å²) in [4.78, 5) is 30.2. The summed E-state index contributed by atoms with van der Waals surface area (Å²) in [6, 6.07) is 4.90. The molecule has 3 aliphatic carbocycles. The van der Waals surface area contributed by atoms with Crippen LogP contribution in [0.15, 0.2) is 41.5 Å². The van der Waals surface area contributed by atoms with E-state index in [-0.39, 0.29) is 40.6 Å². The first-order chi connectivity index (χ1) is 15.4. The van der Waals surface area contributed by atoms with E-state index >= 15 is 0 Å². The van der Waals surface area contributed by atoms with E-state index in [9.17, 15) is 14.7 Å². The summed E-state index contributed by atoms with van der Waals surface area (Å²) in [7, 11) is 0. The van der Waals surface area contributed by atoms with Crippen molar-refractivity contribution < 1.29 is 24.2 Å². The number of allylic oxidation sites excluding steroid dienone is 2. The van der Waals surface area contributed by atoms with Crippen molar-refractivity contribution in [1.29, 1.82) is 0 Å². The van der Waals surface area contributed by atoms with Gasteiger partial charge in [-0.2, -0.15) is 0 Å². The molecule has 1 saturated carbocycles. The summed E-state index contributed by atoms with van der Waals surface area (Å²) < 4.78 is 13.1. The molecule has 6 heteroatoms. The lowest BCUT2D eigenvalue weighted by molar-refractivity contribution is -0.171. The van der Waals surface area contributed by atoms with Gasteiger partial charge in [-0.25, -0.2) is 0 Å². The Bertz CT molecular complexity index is 1080. The quantitative estimate of drug-likeness (QED) is 0.732. The molecule has 1 aromatic rings. The fraction of sp³-hybridized carbons (Fsp3) is 0.538. The van der Waals surface area contributed by atoms with Gasteiger partial charge in [-0.05, 0) is 57.8 Å². The molecule has 1 N–H and O–H groups in total. The molecule has 0 amide bonds. The van der Waals surface area contributed by atoms with Gasteiger partial charge in [-0.1, -0.05) is 23.8 Å². The summed E-state index contributed by atoms with van der Waals surface area (Å²) in [6.45, 7) is 7.32. The highest BCUT2D eigenvalue weighted by Crippen LogP contribution is 2.65. The lowest BCUT2D eigenvalue weighted by Crippen LogP contribution is -2.74. The first-order valence-electron chi connectivity index (χ1n) is 11.7. The largest absolute Gasteiger partial charge is 0.507 e. The standard InChI is InChI=1S/C26H29NO5/c1-15(2)8-9-25-24(30)16-12-18-23(29)22-20(28)6-5-7-21(22)32-26(18,25)19(14-31-25)17(16)13-27-10-3-4-11-27/h5-8,12,16-17,19,28H,3-4,9-11,13-14H2,1-2H3/t16-,17+,19-,25?,26-/m1/s1. The van der Waals surface area contributed by atoms with E-state index in [0.717, 1.165) is 25.2 Å². The fourth-order valence-electron chi connectivity index (χ4n) is 6.83. The Morgan fingerprint density at radius 1 is 1.25 bits per heavy atom. The van der Waals surface area contributed by atoms with Gasteiger partial charge in [0.1, 0.15) is 17.1 Å². The Morgan fingerprint density at radius 2 is 2.03 bits per heavy atom. The molecule has 168 valence electrons. The lowest BCUT2D eigenvalue weighted by atomic mass is 9.49. The number of carbonyl (C=O) groups excluding carboxylic acids is 2. The van der Waals surface area contributed by atoms with Crippen molar-refractivity contribution in [1.82, 2.24) is 4.90 Å². The van der Waals surface area contributed by atoms with Crippen LogP contribution in [0.2, 0.25) is 0 Å². The molecule has 4 bridgehead atoms. The smallest absolute Gasteiger partial charge is 0.200 e. The molecular weight excluding hydrogens is 406 g/mol. The van der Waals surface area contributed by atoms with Crippen LogP contribution in [0.3, 0.4) is 0 Å². The van der Waals surface area contributed by atoms with Crippen LogP contribution in [-0.2, 0) is 9.53 Å². The van der Waals surface area contributed by atoms with E-state index in [1.54, 1.807) is 12.1 Å². The van der Waals surface area contributed by atoms with Crippen LogP contribution in [0.5, 0.6) is 11.5 Å². The number of hydrogen-bond acceptors (Lipinski definition) is 6. The highest BCUT2D eigenvalue weighted by Gasteiger charge is 2.79. The van der Waals surface area contributed by atoms with Gasteiger partial charge in [0.25, 0.3) is 0 Å². The van der Waals surface area contributed by atoms with Crippen LogP contribution in [0.1, 0.15) is 43.5 Å². The fourth-order valence-corrected chi connectivity index (χ4v) is 6.83. The minimum atomic E-state index is -1.20. The summed E-state index contributed by atoms with van der Waals surface area (Å²) in [5, 5.41) is 10.4. The number of phenolic OH excluding ortho intramolecular Hbond substituents is 1. The third kappa shape index (κ3) is 2.37. The number of likely N-dealkylation sites (tertiary alicyclic amines) is 1. The van der Waals surface area contributed by atoms with E-state index < -0.39 is 11.2 Å². The molecule has 2 saturated heterocycles. The Morgan fingerprint density at radius 3 is 2.78 bits per heavy atom. The number of benzene rings is 1. The normalized spacial score (nSPS) is 37.1. The lowest BCUT2D eigenvalue weighted by Gasteiger charge is -2.58. The number of phenols is 1. The first kappa shape index (κ1) is 20.2. The zero-order valence-corrected chi connectivity index (χ0v) is 18.6. The number of rotatable bonds is 4. The van der Waals surface area contributed by atoms with Gasteiger partial charge in [-0.15, -0.1) is 0 Å². The highest BCUT2D eigenvalue weighted by molar-refractivity contribution is 6.18. The van der Waals surface area contributed by atoms with Crippen molar-refractivity contribution in [2.45, 2.75) is 44.3 Å². The second kappa shape index (κ2) is 6.78. The number of Topliss-reactive ketones (excluding diaryl/α,β-unsaturated/α-hetero) is 2. The highest BCUT2D eigenvalue weighted by atomic mass is 16.6. The molecule has 32 heavy (non-hydrogen) atoms. The molecule has 3 fully saturated rings. The average molecular weight is 436 g/mol.